The van der Waals surface area contributed by atoms with Gasteiger partial charge in [-0.3, -0.25) is 0 Å². The molecule has 2 rings (SSSR count). The predicted molar refractivity (Wildman–Crippen MR) is 71.9 cm³/mol. The number of benzene rings is 1. The lowest BCUT2D eigenvalue weighted by atomic mass is 10.2. The van der Waals surface area contributed by atoms with Crippen LogP contribution >= 0.6 is 0 Å². The number of nitrogens with one attached hydrogen (secondary N) is 1. The Hall–Kier alpha value is -1.73. The minimum atomic E-state index is -3.41. The molecular weight excluding hydrogens is 264 g/mol. The zero-order valence-corrected chi connectivity index (χ0v) is 11.7. The Morgan fingerprint density at radius 1 is 1.26 bits per heavy atom. The molecule has 19 heavy (non-hydrogen) atoms. The van der Waals surface area contributed by atoms with Crippen molar-refractivity contribution < 1.29 is 8.42 Å². The van der Waals surface area contributed by atoms with E-state index < -0.39 is 10.0 Å². The van der Waals surface area contributed by atoms with Gasteiger partial charge < -0.3 is 0 Å². The fourth-order valence-electron chi connectivity index (χ4n) is 1.66. The van der Waals surface area contributed by atoms with Crippen molar-refractivity contribution in [1.82, 2.24) is 19.5 Å². The number of aryl methyl sites for hydroxylation is 1. The van der Waals surface area contributed by atoms with Crippen LogP contribution in [0.1, 0.15) is 13.3 Å². The lowest BCUT2D eigenvalue weighted by Gasteiger charge is -2.06. The fourth-order valence-corrected chi connectivity index (χ4v) is 2.79. The van der Waals surface area contributed by atoms with E-state index in [0.29, 0.717) is 12.4 Å². The topological polar surface area (TPSA) is 76.9 Å². The third-order valence-electron chi connectivity index (χ3n) is 2.68. The first kappa shape index (κ1) is 13.7. The summed E-state index contributed by atoms with van der Waals surface area (Å²) in [6, 6.07) is 6.60. The highest BCUT2D eigenvalue weighted by atomic mass is 32.2. The van der Waals surface area contributed by atoms with Gasteiger partial charge in [-0.25, -0.2) is 22.8 Å². The second-order valence-electron chi connectivity index (χ2n) is 4.13. The maximum Gasteiger partial charge on any atom is 0.240 e. The zero-order valence-electron chi connectivity index (χ0n) is 10.9. The quantitative estimate of drug-likeness (QED) is 0.892. The normalized spacial score (nSPS) is 11.7. The number of sulfonamides is 1. The fraction of sp³-hybridized carbons (Fsp3) is 0.333. The minimum Gasteiger partial charge on any atom is -0.249 e. The van der Waals surface area contributed by atoms with Crippen molar-refractivity contribution in [1.29, 1.82) is 0 Å². The minimum absolute atomic E-state index is 0.256. The van der Waals surface area contributed by atoms with Gasteiger partial charge >= 0.3 is 0 Å². The van der Waals surface area contributed by atoms with Crippen molar-refractivity contribution in [2.75, 3.05) is 6.54 Å². The first-order valence-electron chi connectivity index (χ1n) is 5.98. The van der Waals surface area contributed by atoms with Crippen LogP contribution in [0.4, 0.5) is 0 Å². The Morgan fingerprint density at radius 3 is 2.47 bits per heavy atom. The maximum atomic E-state index is 11.9. The van der Waals surface area contributed by atoms with Crippen LogP contribution in [-0.4, -0.2) is 29.7 Å². The first-order valence-corrected chi connectivity index (χ1v) is 7.47. The Bertz CT molecular complexity index is 647. The smallest absolute Gasteiger partial charge is 0.240 e. The van der Waals surface area contributed by atoms with Crippen LogP contribution in [0.2, 0.25) is 0 Å². The molecule has 0 atom stereocenters. The Morgan fingerprint density at radius 2 is 1.95 bits per heavy atom. The molecule has 0 spiro atoms. The van der Waals surface area contributed by atoms with E-state index in [-0.39, 0.29) is 4.90 Å². The molecule has 7 heteroatoms. The monoisotopic (exact) mass is 280 g/mol. The summed E-state index contributed by atoms with van der Waals surface area (Å²) in [6.45, 7) is 2.35. The molecule has 2 aromatic rings. The van der Waals surface area contributed by atoms with Crippen LogP contribution in [0.25, 0.3) is 11.4 Å². The molecule has 0 unspecified atom stereocenters. The number of hydrogen-bond donors (Lipinski definition) is 1. The van der Waals surface area contributed by atoms with Crippen molar-refractivity contribution in [3.8, 4) is 11.4 Å². The molecule has 102 valence electrons. The summed E-state index contributed by atoms with van der Waals surface area (Å²) in [6.07, 6.45) is 2.22. The summed E-state index contributed by atoms with van der Waals surface area (Å²) in [5.41, 5.74) is 0.828. The van der Waals surface area contributed by atoms with Gasteiger partial charge in [-0.05, 0) is 30.7 Å². The van der Waals surface area contributed by atoms with E-state index in [1.165, 1.54) is 6.33 Å². The van der Waals surface area contributed by atoms with Gasteiger partial charge in [0.1, 0.15) is 6.33 Å². The molecule has 0 saturated carbocycles. The molecule has 0 bridgehead atoms. The van der Waals surface area contributed by atoms with E-state index in [2.05, 4.69) is 14.8 Å². The SMILES string of the molecule is CCCNS(=O)(=O)c1ccc(-c2ncnn2C)cc1. The molecule has 1 aromatic carbocycles. The highest BCUT2D eigenvalue weighted by molar-refractivity contribution is 7.89. The average Bonchev–Trinajstić information content (AvgIpc) is 2.83. The molecule has 0 aliphatic rings. The molecule has 0 saturated heterocycles. The molecule has 0 aliphatic carbocycles. The summed E-state index contributed by atoms with van der Waals surface area (Å²) in [7, 11) is -1.62. The van der Waals surface area contributed by atoms with Gasteiger partial charge in [0.2, 0.25) is 10.0 Å². The number of nitrogens with zero attached hydrogens (tertiary/aromatic N) is 3. The van der Waals surface area contributed by atoms with Gasteiger partial charge in [-0.15, -0.1) is 0 Å². The lowest BCUT2D eigenvalue weighted by molar-refractivity contribution is 0.581. The summed E-state index contributed by atoms with van der Waals surface area (Å²) >= 11 is 0. The highest BCUT2D eigenvalue weighted by Crippen LogP contribution is 2.18. The predicted octanol–water partition coefficient (Wildman–Crippen LogP) is 1.17. The summed E-state index contributed by atoms with van der Waals surface area (Å²) < 4.78 is 28.0. The summed E-state index contributed by atoms with van der Waals surface area (Å²) in [5, 5.41) is 3.98. The number of rotatable bonds is 5. The zero-order chi connectivity index (χ0) is 13.9. The molecule has 1 heterocycles. The van der Waals surface area contributed by atoms with Crippen LogP contribution in [-0.2, 0) is 17.1 Å². The van der Waals surface area contributed by atoms with Crippen LogP contribution < -0.4 is 4.72 Å². The largest absolute Gasteiger partial charge is 0.249 e. The molecular formula is C12H16N4O2S. The molecule has 0 radical (unpaired) electrons. The summed E-state index contributed by atoms with van der Waals surface area (Å²) in [4.78, 5) is 4.37. The maximum absolute atomic E-state index is 11.9. The first-order chi connectivity index (χ1) is 9.04. The van der Waals surface area contributed by atoms with E-state index in [1.807, 2.05) is 6.92 Å². The van der Waals surface area contributed by atoms with Crippen molar-refractivity contribution >= 4 is 10.0 Å². The second-order valence-corrected chi connectivity index (χ2v) is 5.90. The van der Waals surface area contributed by atoms with E-state index in [9.17, 15) is 8.42 Å². The third-order valence-corrected chi connectivity index (χ3v) is 4.15. The molecule has 0 aliphatic heterocycles. The van der Waals surface area contributed by atoms with E-state index in [1.54, 1.807) is 36.0 Å². The van der Waals surface area contributed by atoms with E-state index in [0.717, 1.165) is 12.0 Å². The third kappa shape index (κ3) is 2.99. The van der Waals surface area contributed by atoms with Crippen LogP contribution in [0, 0.1) is 0 Å². The highest BCUT2D eigenvalue weighted by Gasteiger charge is 2.13. The standard InChI is InChI=1S/C12H16N4O2S/c1-3-8-15-19(17,18)11-6-4-10(5-7-11)12-13-9-14-16(12)2/h4-7,9,15H,3,8H2,1-2H3. The van der Waals surface area contributed by atoms with E-state index in [4.69, 9.17) is 0 Å². The Balaban J connectivity index is 2.26. The summed E-state index contributed by atoms with van der Waals surface area (Å²) in [5.74, 6) is 0.700. The molecule has 1 aromatic heterocycles. The average molecular weight is 280 g/mol. The van der Waals surface area contributed by atoms with Crippen LogP contribution in [0.15, 0.2) is 35.5 Å². The van der Waals surface area contributed by atoms with Crippen molar-refractivity contribution in [2.45, 2.75) is 18.2 Å². The number of hydrogen-bond acceptors (Lipinski definition) is 4. The van der Waals surface area contributed by atoms with E-state index >= 15 is 0 Å². The Kier molecular flexibility index (Phi) is 3.96. The van der Waals surface area contributed by atoms with Gasteiger partial charge in [0.15, 0.2) is 5.82 Å². The van der Waals surface area contributed by atoms with Crippen molar-refractivity contribution in [3.63, 3.8) is 0 Å². The van der Waals surface area contributed by atoms with Gasteiger partial charge in [0.05, 0.1) is 4.90 Å². The van der Waals surface area contributed by atoms with Crippen LogP contribution in [0.3, 0.4) is 0 Å². The molecule has 0 fully saturated rings. The molecule has 0 amide bonds. The van der Waals surface area contributed by atoms with Crippen LogP contribution in [0.5, 0.6) is 0 Å². The lowest BCUT2D eigenvalue weighted by Crippen LogP contribution is -2.24. The van der Waals surface area contributed by atoms with Crippen molar-refractivity contribution in [2.24, 2.45) is 7.05 Å². The van der Waals surface area contributed by atoms with Gasteiger partial charge in [-0.1, -0.05) is 6.92 Å². The number of aromatic nitrogens is 3. The molecule has 6 nitrogen and oxygen atoms in total. The van der Waals surface area contributed by atoms with Crippen molar-refractivity contribution in [3.05, 3.63) is 30.6 Å². The Labute approximate surface area is 112 Å². The molecule has 1 N–H and O–H groups in total. The second kappa shape index (κ2) is 5.50. The van der Waals surface area contributed by atoms with Gasteiger partial charge in [0.25, 0.3) is 0 Å². The van der Waals surface area contributed by atoms with Gasteiger partial charge in [0, 0.05) is 19.2 Å². The van der Waals surface area contributed by atoms with Gasteiger partial charge in [-0.2, -0.15) is 5.10 Å².